The summed E-state index contributed by atoms with van der Waals surface area (Å²) < 4.78 is 11.2. The average molecular weight is 295 g/mol. The topological polar surface area (TPSA) is 21.7 Å². The van der Waals surface area contributed by atoms with Crippen LogP contribution in [0.2, 0.25) is 0 Å². The molecule has 0 N–H and O–H groups in total. The van der Waals surface area contributed by atoms with Crippen molar-refractivity contribution in [3.8, 4) is 22.6 Å². The fourth-order valence-electron chi connectivity index (χ4n) is 4.01. The molecule has 0 fully saturated rings. The van der Waals surface area contributed by atoms with Crippen LogP contribution in [0.1, 0.15) is 22.7 Å². The highest BCUT2D eigenvalue weighted by Crippen LogP contribution is 2.50. The Bertz CT molecular complexity index is 738. The van der Waals surface area contributed by atoms with E-state index in [9.17, 15) is 0 Å². The number of ether oxygens (including phenoxy) is 2. The van der Waals surface area contributed by atoms with Crippen molar-refractivity contribution >= 4 is 0 Å². The number of nitrogens with zero attached hydrogens (tertiary/aromatic N) is 1. The van der Waals surface area contributed by atoms with Crippen molar-refractivity contribution < 1.29 is 9.47 Å². The van der Waals surface area contributed by atoms with Crippen LogP contribution in [0.4, 0.5) is 0 Å². The molecule has 0 amide bonds. The Kier molecular flexibility index (Phi) is 3.12. The van der Waals surface area contributed by atoms with E-state index in [-0.39, 0.29) is 0 Å². The Balaban J connectivity index is 2.02. The van der Waals surface area contributed by atoms with E-state index in [1.54, 1.807) is 14.2 Å². The average Bonchev–Trinajstić information content (AvgIpc) is 2.56. The van der Waals surface area contributed by atoms with Crippen molar-refractivity contribution in [1.29, 1.82) is 0 Å². The van der Waals surface area contributed by atoms with Crippen molar-refractivity contribution in [2.24, 2.45) is 0 Å². The van der Waals surface area contributed by atoms with Crippen molar-refractivity contribution in [3.63, 3.8) is 0 Å². The molecule has 0 saturated heterocycles. The molecule has 114 valence electrons. The van der Waals surface area contributed by atoms with Gasteiger partial charge in [0.05, 0.1) is 14.2 Å². The molecule has 0 unspecified atom stereocenters. The van der Waals surface area contributed by atoms with Crippen LogP contribution in [0.15, 0.2) is 30.3 Å². The fourth-order valence-corrected chi connectivity index (χ4v) is 4.01. The fraction of sp³-hybridized carbons (Fsp3) is 0.368. The molecule has 0 spiro atoms. The van der Waals surface area contributed by atoms with E-state index >= 15 is 0 Å². The van der Waals surface area contributed by atoms with Gasteiger partial charge in [-0.2, -0.15) is 0 Å². The maximum Gasteiger partial charge on any atom is 0.168 e. The van der Waals surface area contributed by atoms with Gasteiger partial charge in [-0.25, -0.2) is 0 Å². The molecule has 3 heteroatoms. The first-order valence-electron chi connectivity index (χ1n) is 7.81. The van der Waals surface area contributed by atoms with Crippen LogP contribution >= 0.6 is 0 Å². The highest BCUT2D eigenvalue weighted by Gasteiger charge is 2.34. The zero-order valence-corrected chi connectivity index (χ0v) is 13.3. The van der Waals surface area contributed by atoms with E-state index in [0.717, 1.165) is 30.9 Å². The molecule has 1 aliphatic carbocycles. The first-order chi connectivity index (χ1) is 10.7. The summed E-state index contributed by atoms with van der Waals surface area (Å²) in [6, 6.07) is 11.4. The van der Waals surface area contributed by atoms with Gasteiger partial charge in [0.25, 0.3) is 0 Å². The molecule has 1 aliphatic heterocycles. The van der Waals surface area contributed by atoms with Crippen LogP contribution in [-0.4, -0.2) is 32.7 Å². The lowest BCUT2D eigenvalue weighted by molar-refractivity contribution is 0.228. The summed E-state index contributed by atoms with van der Waals surface area (Å²) >= 11 is 0. The molecule has 2 aromatic rings. The summed E-state index contributed by atoms with van der Waals surface area (Å²) in [4.78, 5) is 2.48. The number of fused-ring (bicyclic) bond motifs is 2. The smallest absolute Gasteiger partial charge is 0.168 e. The third-order valence-corrected chi connectivity index (χ3v) is 5.11. The maximum absolute atomic E-state index is 5.71. The van der Waals surface area contributed by atoms with E-state index < -0.39 is 0 Å². The van der Waals surface area contributed by atoms with E-state index in [0.29, 0.717) is 6.04 Å². The van der Waals surface area contributed by atoms with Gasteiger partial charge in [-0.1, -0.05) is 24.3 Å². The van der Waals surface area contributed by atoms with Gasteiger partial charge in [-0.05, 0) is 48.2 Å². The number of hydrogen-bond donors (Lipinski definition) is 0. The van der Waals surface area contributed by atoms with E-state index in [1.807, 2.05) is 6.07 Å². The van der Waals surface area contributed by atoms with Gasteiger partial charge < -0.3 is 9.47 Å². The second-order valence-corrected chi connectivity index (χ2v) is 6.16. The second kappa shape index (κ2) is 5.03. The standard InChI is InChI=1S/C19H21NO2/c1-20-10-9-12-5-4-6-14-17(12)15(20)11-13-7-8-16(21-2)19(22-3)18(13)14/h4-8,15H,9-11H2,1-3H3/t15-/m0/s1. The quantitative estimate of drug-likeness (QED) is 0.847. The summed E-state index contributed by atoms with van der Waals surface area (Å²) in [5, 5.41) is 0. The van der Waals surface area contributed by atoms with Gasteiger partial charge in [-0.15, -0.1) is 0 Å². The Morgan fingerprint density at radius 1 is 1.05 bits per heavy atom. The molecular weight excluding hydrogens is 274 g/mol. The molecule has 2 aliphatic rings. The summed E-state index contributed by atoms with van der Waals surface area (Å²) in [6.07, 6.45) is 2.16. The first kappa shape index (κ1) is 13.6. The molecule has 1 heterocycles. The van der Waals surface area contributed by atoms with Crippen LogP contribution in [-0.2, 0) is 12.8 Å². The van der Waals surface area contributed by atoms with Crippen molar-refractivity contribution in [3.05, 3.63) is 47.0 Å². The number of rotatable bonds is 2. The zero-order valence-electron chi connectivity index (χ0n) is 13.3. The highest BCUT2D eigenvalue weighted by molar-refractivity contribution is 5.82. The van der Waals surface area contributed by atoms with Crippen LogP contribution in [0.3, 0.4) is 0 Å². The molecule has 22 heavy (non-hydrogen) atoms. The van der Waals surface area contributed by atoms with Gasteiger partial charge in [0.15, 0.2) is 11.5 Å². The largest absolute Gasteiger partial charge is 0.493 e. The summed E-state index contributed by atoms with van der Waals surface area (Å²) in [7, 11) is 5.66. The molecule has 0 radical (unpaired) electrons. The van der Waals surface area contributed by atoms with Crippen LogP contribution in [0.25, 0.3) is 11.1 Å². The van der Waals surface area contributed by atoms with Crippen LogP contribution in [0, 0.1) is 0 Å². The third-order valence-electron chi connectivity index (χ3n) is 5.11. The van der Waals surface area contributed by atoms with Gasteiger partial charge in [0, 0.05) is 18.2 Å². The van der Waals surface area contributed by atoms with Gasteiger partial charge in [0.1, 0.15) is 0 Å². The molecule has 3 nitrogen and oxygen atoms in total. The minimum Gasteiger partial charge on any atom is -0.493 e. The minimum absolute atomic E-state index is 0.477. The monoisotopic (exact) mass is 295 g/mol. The number of hydrogen-bond acceptors (Lipinski definition) is 3. The van der Waals surface area contributed by atoms with Crippen molar-refractivity contribution in [2.75, 3.05) is 27.8 Å². The predicted molar refractivity (Wildman–Crippen MR) is 87.8 cm³/mol. The molecular formula is C19H21NO2. The van der Waals surface area contributed by atoms with E-state index in [2.05, 4.69) is 36.2 Å². The summed E-state index contributed by atoms with van der Waals surface area (Å²) in [5.74, 6) is 1.67. The van der Waals surface area contributed by atoms with E-state index in [1.165, 1.54) is 27.8 Å². The molecule has 1 atom stereocenters. The predicted octanol–water partition coefficient (Wildman–Crippen LogP) is 3.46. The molecule has 0 bridgehead atoms. The molecule has 2 aromatic carbocycles. The van der Waals surface area contributed by atoms with Crippen LogP contribution < -0.4 is 9.47 Å². The van der Waals surface area contributed by atoms with Gasteiger partial charge in [-0.3, -0.25) is 4.90 Å². The number of methoxy groups -OCH3 is 2. The zero-order chi connectivity index (χ0) is 15.3. The van der Waals surface area contributed by atoms with E-state index in [4.69, 9.17) is 9.47 Å². The summed E-state index contributed by atoms with van der Waals surface area (Å²) in [5.41, 5.74) is 6.84. The Labute approximate surface area is 131 Å². The lowest BCUT2D eigenvalue weighted by Gasteiger charge is -2.40. The highest BCUT2D eigenvalue weighted by atomic mass is 16.5. The molecule has 0 saturated carbocycles. The Hall–Kier alpha value is -2.00. The van der Waals surface area contributed by atoms with Crippen molar-refractivity contribution in [1.82, 2.24) is 4.90 Å². The SMILES string of the molecule is COc1ccc2c(c1OC)-c1cccc3c1[C@H](C2)N(C)CC3. The lowest BCUT2D eigenvalue weighted by atomic mass is 9.77. The number of likely N-dealkylation sites (N-methyl/N-ethyl adjacent to an activating group) is 1. The summed E-state index contributed by atoms with van der Waals surface area (Å²) in [6.45, 7) is 1.13. The second-order valence-electron chi connectivity index (χ2n) is 6.16. The van der Waals surface area contributed by atoms with Gasteiger partial charge >= 0.3 is 0 Å². The maximum atomic E-state index is 5.71. The van der Waals surface area contributed by atoms with Crippen LogP contribution in [0.5, 0.6) is 11.5 Å². The Morgan fingerprint density at radius 3 is 2.68 bits per heavy atom. The van der Waals surface area contributed by atoms with Crippen molar-refractivity contribution in [2.45, 2.75) is 18.9 Å². The third kappa shape index (κ3) is 1.78. The number of benzene rings is 2. The molecule has 4 rings (SSSR count). The normalized spacial score (nSPS) is 19.3. The van der Waals surface area contributed by atoms with Gasteiger partial charge in [0.2, 0.25) is 0 Å². The Morgan fingerprint density at radius 2 is 1.91 bits per heavy atom. The minimum atomic E-state index is 0.477. The molecule has 0 aromatic heterocycles. The lowest BCUT2D eigenvalue weighted by Crippen LogP contribution is -2.35. The first-order valence-corrected chi connectivity index (χ1v) is 7.81.